The minimum atomic E-state index is 0.294. The van der Waals surface area contributed by atoms with E-state index in [9.17, 15) is 0 Å². The molecule has 22 heavy (non-hydrogen) atoms. The molecular formula is C16H15N3O3. The summed E-state index contributed by atoms with van der Waals surface area (Å²) in [6, 6.07) is 15.2. The number of ether oxygens (including phenoxy) is 2. The van der Waals surface area contributed by atoms with Crippen LogP contribution in [0.5, 0.6) is 11.5 Å². The molecule has 0 aliphatic heterocycles. The molecule has 3 aromatic rings. The van der Waals surface area contributed by atoms with Crippen LogP contribution in [0, 0.1) is 0 Å². The van der Waals surface area contributed by atoms with Gasteiger partial charge in [0.15, 0.2) is 0 Å². The van der Waals surface area contributed by atoms with E-state index in [4.69, 9.17) is 13.9 Å². The van der Waals surface area contributed by atoms with Crippen LogP contribution in [0.25, 0.3) is 11.5 Å². The predicted octanol–water partition coefficient (Wildman–Crippen LogP) is 3.50. The average molecular weight is 297 g/mol. The molecule has 0 spiro atoms. The number of hydrogen-bond acceptors (Lipinski definition) is 6. The summed E-state index contributed by atoms with van der Waals surface area (Å²) in [4.78, 5) is 0. The van der Waals surface area contributed by atoms with Gasteiger partial charge in [-0.15, -0.1) is 5.10 Å². The van der Waals surface area contributed by atoms with Crippen LogP contribution in [0.3, 0.4) is 0 Å². The summed E-state index contributed by atoms with van der Waals surface area (Å²) in [6.07, 6.45) is 0. The van der Waals surface area contributed by atoms with Gasteiger partial charge in [0, 0.05) is 5.56 Å². The van der Waals surface area contributed by atoms with Crippen molar-refractivity contribution in [3.63, 3.8) is 0 Å². The molecule has 1 N–H and O–H groups in total. The van der Waals surface area contributed by atoms with Gasteiger partial charge in [-0.3, -0.25) is 0 Å². The molecule has 0 saturated carbocycles. The maximum absolute atomic E-state index is 5.63. The Morgan fingerprint density at radius 1 is 0.955 bits per heavy atom. The highest BCUT2D eigenvalue weighted by Crippen LogP contribution is 2.28. The number of benzene rings is 2. The first-order valence-electron chi connectivity index (χ1n) is 6.68. The summed E-state index contributed by atoms with van der Waals surface area (Å²) in [5, 5.41) is 11.1. The van der Waals surface area contributed by atoms with Gasteiger partial charge in [-0.05, 0) is 30.3 Å². The highest BCUT2D eigenvalue weighted by molar-refractivity contribution is 5.62. The molecule has 3 rings (SSSR count). The Morgan fingerprint density at radius 2 is 1.82 bits per heavy atom. The zero-order valence-corrected chi connectivity index (χ0v) is 12.2. The van der Waals surface area contributed by atoms with Crippen molar-refractivity contribution in [2.24, 2.45) is 0 Å². The van der Waals surface area contributed by atoms with Crippen LogP contribution in [-0.4, -0.2) is 24.4 Å². The van der Waals surface area contributed by atoms with Gasteiger partial charge in [0.05, 0.1) is 19.9 Å². The van der Waals surface area contributed by atoms with Crippen LogP contribution in [0.15, 0.2) is 52.9 Å². The van der Waals surface area contributed by atoms with Crippen molar-refractivity contribution in [1.82, 2.24) is 10.2 Å². The topological polar surface area (TPSA) is 69.4 Å². The Balaban J connectivity index is 1.84. The largest absolute Gasteiger partial charge is 0.497 e. The third kappa shape index (κ3) is 2.85. The molecule has 6 heteroatoms. The van der Waals surface area contributed by atoms with Gasteiger partial charge in [0.1, 0.15) is 11.5 Å². The van der Waals surface area contributed by atoms with Crippen molar-refractivity contribution in [1.29, 1.82) is 0 Å². The molecule has 112 valence electrons. The smallest absolute Gasteiger partial charge is 0.320 e. The van der Waals surface area contributed by atoms with Crippen molar-refractivity contribution < 1.29 is 13.9 Å². The maximum atomic E-state index is 5.63. The molecule has 0 amide bonds. The Bertz CT molecular complexity index is 771. The normalized spacial score (nSPS) is 10.3. The Kier molecular flexibility index (Phi) is 3.91. The van der Waals surface area contributed by atoms with E-state index < -0.39 is 0 Å². The molecule has 0 radical (unpaired) electrons. The second-order valence-electron chi connectivity index (χ2n) is 4.47. The summed E-state index contributed by atoms with van der Waals surface area (Å²) in [5.74, 6) is 1.84. The van der Waals surface area contributed by atoms with Crippen molar-refractivity contribution in [2.45, 2.75) is 0 Å². The number of nitrogens with zero attached hydrogens (tertiary/aromatic N) is 2. The van der Waals surface area contributed by atoms with Crippen LogP contribution in [0.2, 0.25) is 0 Å². The number of nitrogens with one attached hydrogen (secondary N) is 1. The Labute approximate surface area is 127 Å². The first kappa shape index (κ1) is 13.9. The molecule has 0 atom stereocenters. The van der Waals surface area contributed by atoms with Crippen molar-refractivity contribution in [3.05, 3.63) is 48.5 Å². The van der Waals surface area contributed by atoms with Crippen molar-refractivity contribution in [3.8, 4) is 23.0 Å². The summed E-state index contributed by atoms with van der Waals surface area (Å²) in [6.45, 7) is 0. The number of anilines is 2. The maximum Gasteiger partial charge on any atom is 0.320 e. The summed E-state index contributed by atoms with van der Waals surface area (Å²) in [7, 11) is 3.22. The summed E-state index contributed by atoms with van der Waals surface area (Å²) in [5.41, 5.74) is 1.55. The van der Waals surface area contributed by atoms with Crippen LogP contribution in [0.1, 0.15) is 0 Å². The molecule has 0 saturated heterocycles. The second kappa shape index (κ2) is 6.17. The lowest BCUT2D eigenvalue weighted by atomic mass is 10.2. The summed E-state index contributed by atoms with van der Waals surface area (Å²) >= 11 is 0. The van der Waals surface area contributed by atoms with E-state index in [1.807, 2.05) is 48.5 Å². The molecule has 0 bridgehead atoms. The van der Waals surface area contributed by atoms with E-state index in [0.717, 1.165) is 17.0 Å². The molecule has 0 aliphatic rings. The molecule has 1 aromatic heterocycles. The average Bonchev–Trinajstić information content (AvgIpc) is 3.04. The van der Waals surface area contributed by atoms with E-state index in [1.54, 1.807) is 14.2 Å². The first-order valence-corrected chi connectivity index (χ1v) is 6.68. The second-order valence-corrected chi connectivity index (χ2v) is 4.47. The lowest BCUT2D eigenvalue weighted by Gasteiger charge is -2.07. The van der Waals surface area contributed by atoms with Crippen LogP contribution in [0.4, 0.5) is 11.7 Å². The molecule has 0 aliphatic carbocycles. The number of hydrogen-bond donors (Lipinski definition) is 1. The van der Waals surface area contributed by atoms with Gasteiger partial charge in [-0.1, -0.05) is 23.3 Å². The molecule has 0 unspecified atom stereocenters. The lowest BCUT2D eigenvalue weighted by Crippen LogP contribution is -1.94. The van der Waals surface area contributed by atoms with Crippen LogP contribution < -0.4 is 14.8 Å². The minimum Gasteiger partial charge on any atom is -0.497 e. The highest BCUT2D eigenvalue weighted by atomic mass is 16.5. The van der Waals surface area contributed by atoms with E-state index in [2.05, 4.69) is 15.5 Å². The molecule has 2 aromatic carbocycles. The molecule has 0 fully saturated rings. The fourth-order valence-corrected chi connectivity index (χ4v) is 2.01. The van der Waals surface area contributed by atoms with E-state index >= 15 is 0 Å². The first-order chi connectivity index (χ1) is 10.8. The Hall–Kier alpha value is -3.02. The van der Waals surface area contributed by atoms with Crippen molar-refractivity contribution >= 4 is 11.7 Å². The molecule has 6 nitrogen and oxygen atoms in total. The standard InChI is InChI=1S/C16H15N3O3/c1-20-12-7-5-6-11(10-12)15-18-19-16(22-15)17-13-8-3-4-9-14(13)21-2/h3-10H,1-2H3,(H,17,19). The van der Waals surface area contributed by atoms with Gasteiger partial charge in [-0.25, -0.2) is 0 Å². The van der Waals surface area contributed by atoms with Crippen LogP contribution >= 0.6 is 0 Å². The number of methoxy groups -OCH3 is 2. The zero-order chi connectivity index (χ0) is 15.4. The quantitative estimate of drug-likeness (QED) is 0.777. The Morgan fingerprint density at radius 3 is 2.64 bits per heavy atom. The molecular weight excluding hydrogens is 282 g/mol. The van der Waals surface area contributed by atoms with Gasteiger partial charge < -0.3 is 19.2 Å². The van der Waals surface area contributed by atoms with E-state index in [1.165, 1.54) is 0 Å². The minimum absolute atomic E-state index is 0.294. The van der Waals surface area contributed by atoms with Gasteiger partial charge in [0.2, 0.25) is 5.89 Å². The fourth-order valence-electron chi connectivity index (χ4n) is 2.01. The highest BCUT2D eigenvalue weighted by Gasteiger charge is 2.11. The van der Waals surface area contributed by atoms with Crippen molar-refractivity contribution in [2.75, 3.05) is 19.5 Å². The molecule has 1 heterocycles. The number of rotatable bonds is 5. The third-order valence-electron chi connectivity index (χ3n) is 3.09. The SMILES string of the molecule is COc1cccc(-c2nnc(Nc3ccccc3OC)o2)c1. The predicted molar refractivity (Wildman–Crippen MR) is 82.6 cm³/mol. The van der Waals surface area contributed by atoms with Gasteiger partial charge in [-0.2, -0.15) is 0 Å². The third-order valence-corrected chi connectivity index (χ3v) is 3.09. The number of para-hydroxylation sites is 2. The monoisotopic (exact) mass is 297 g/mol. The lowest BCUT2D eigenvalue weighted by molar-refractivity contribution is 0.415. The fraction of sp³-hybridized carbons (Fsp3) is 0.125. The van der Waals surface area contributed by atoms with E-state index in [0.29, 0.717) is 17.7 Å². The zero-order valence-electron chi connectivity index (χ0n) is 12.2. The number of aromatic nitrogens is 2. The van der Waals surface area contributed by atoms with E-state index in [-0.39, 0.29) is 0 Å². The van der Waals surface area contributed by atoms with Gasteiger partial charge in [0.25, 0.3) is 0 Å². The summed E-state index contributed by atoms with van der Waals surface area (Å²) < 4.78 is 16.1. The van der Waals surface area contributed by atoms with Crippen LogP contribution in [-0.2, 0) is 0 Å². The van der Waals surface area contributed by atoms with Gasteiger partial charge >= 0.3 is 6.01 Å².